The van der Waals surface area contributed by atoms with Gasteiger partial charge in [0.1, 0.15) is 24.0 Å². The van der Waals surface area contributed by atoms with Crippen molar-refractivity contribution < 1.29 is 13.9 Å². The first-order chi connectivity index (χ1) is 14.1. The van der Waals surface area contributed by atoms with Crippen molar-refractivity contribution >= 4 is 34.0 Å². The number of nitrogens with one attached hydrogen (secondary N) is 1. The summed E-state index contributed by atoms with van der Waals surface area (Å²) >= 11 is 5.90. The minimum Gasteiger partial charge on any atom is -0.497 e. The maximum Gasteiger partial charge on any atom is 0.319 e. The Morgan fingerprint density at radius 3 is 2.59 bits per heavy atom. The topological polar surface area (TPSA) is 56.3 Å². The van der Waals surface area contributed by atoms with Gasteiger partial charge in [-0.15, -0.1) is 0 Å². The Balaban J connectivity index is 1.71. The lowest BCUT2D eigenvalue weighted by atomic mass is 10.2. The number of methoxy groups -OCH3 is 1. The van der Waals surface area contributed by atoms with Gasteiger partial charge in [-0.2, -0.15) is 9.97 Å². The van der Waals surface area contributed by atoms with Gasteiger partial charge in [-0.1, -0.05) is 41.9 Å². The smallest absolute Gasteiger partial charge is 0.319 e. The molecule has 3 aromatic carbocycles. The van der Waals surface area contributed by atoms with Crippen molar-refractivity contribution in [3.8, 4) is 11.8 Å². The van der Waals surface area contributed by atoms with Crippen molar-refractivity contribution in [1.29, 1.82) is 0 Å². The van der Waals surface area contributed by atoms with Crippen molar-refractivity contribution in [2.45, 2.75) is 6.61 Å². The van der Waals surface area contributed by atoms with E-state index in [-0.39, 0.29) is 11.0 Å². The molecular weight excluding hydrogens is 393 g/mol. The van der Waals surface area contributed by atoms with E-state index in [1.165, 1.54) is 12.1 Å². The van der Waals surface area contributed by atoms with E-state index in [1.807, 2.05) is 42.5 Å². The summed E-state index contributed by atoms with van der Waals surface area (Å²) < 4.78 is 24.6. The van der Waals surface area contributed by atoms with Crippen LogP contribution in [0.25, 0.3) is 10.9 Å². The molecule has 7 heteroatoms. The molecule has 0 spiro atoms. The zero-order valence-electron chi connectivity index (χ0n) is 15.5. The molecular formula is C22H17ClFN3O2. The number of fused-ring (bicyclic) bond motifs is 1. The highest BCUT2D eigenvalue weighted by Gasteiger charge is 2.12. The highest BCUT2D eigenvalue weighted by molar-refractivity contribution is 6.31. The molecule has 0 aliphatic carbocycles. The Kier molecular flexibility index (Phi) is 5.44. The average molecular weight is 410 g/mol. The van der Waals surface area contributed by atoms with Crippen molar-refractivity contribution in [3.05, 3.63) is 83.1 Å². The molecule has 4 rings (SSSR count). The first kappa shape index (κ1) is 19.0. The van der Waals surface area contributed by atoms with Gasteiger partial charge in [-0.3, -0.25) is 0 Å². The number of hydrogen-bond donors (Lipinski definition) is 1. The molecule has 0 bridgehead atoms. The van der Waals surface area contributed by atoms with Crippen LogP contribution in [0.5, 0.6) is 11.8 Å². The van der Waals surface area contributed by atoms with Crippen LogP contribution in [0.3, 0.4) is 0 Å². The molecule has 146 valence electrons. The van der Waals surface area contributed by atoms with E-state index in [2.05, 4.69) is 15.3 Å². The van der Waals surface area contributed by atoms with Crippen molar-refractivity contribution in [2.24, 2.45) is 0 Å². The number of hydrogen-bond acceptors (Lipinski definition) is 5. The normalized spacial score (nSPS) is 10.7. The average Bonchev–Trinajstić information content (AvgIpc) is 2.75. The van der Waals surface area contributed by atoms with Crippen LogP contribution < -0.4 is 14.8 Å². The van der Waals surface area contributed by atoms with E-state index in [0.717, 1.165) is 10.9 Å². The molecule has 0 amide bonds. The van der Waals surface area contributed by atoms with Gasteiger partial charge in [0.05, 0.1) is 17.6 Å². The summed E-state index contributed by atoms with van der Waals surface area (Å²) in [6.45, 7) is 0.331. The van der Waals surface area contributed by atoms with Crippen LogP contribution in [0.15, 0.2) is 66.7 Å². The number of anilines is 2. The molecule has 0 saturated heterocycles. The molecule has 4 aromatic rings. The Morgan fingerprint density at radius 2 is 1.83 bits per heavy atom. The van der Waals surface area contributed by atoms with Crippen molar-refractivity contribution in [3.63, 3.8) is 0 Å². The predicted molar refractivity (Wildman–Crippen MR) is 112 cm³/mol. The number of benzene rings is 3. The van der Waals surface area contributed by atoms with E-state index in [4.69, 9.17) is 21.1 Å². The molecule has 0 aliphatic rings. The van der Waals surface area contributed by atoms with E-state index < -0.39 is 5.82 Å². The number of nitrogens with zero attached hydrogens (tertiary/aromatic N) is 2. The molecule has 1 heterocycles. The number of aromatic nitrogens is 2. The second-order valence-electron chi connectivity index (χ2n) is 6.27. The van der Waals surface area contributed by atoms with Crippen LogP contribution in [0, 0.1) is 5.82 Å². The van der Waals surface area contributed by atoms with Gasteiger partial charge in [0, 0.05) is 17.1 Å². The summed E-state index contributed by atoms with van der Waals surface area (Å²) in [4.78, 5) is 8.99. The van der Waals surface area contributed by atoms with Gasteiger partial charge in [0.15, 0.2) is 0 Å². The zero-order chi connectivity index (χ0) is 20.2. The zero-order valence-corrected chi connectivity index (χ0v) is 16.3. The van der Waals surface area contributed by atoms with Gasteiger partial charge in [0.2, 0.25) is 0 Å². The second kappa shape index (κ2) is 8.32. The third kappa shape index (κ3) is 4.38. The lowest BCUT2D eigenvalue weighted by Crippen LogP contribution is -2.03. The summed E-state index contributed by atoms with van der Waals surface area (Å²) in [6.07, 6.45) is 0. The second-order valence-corrected chi connectivity index (χ2v) is 6.67. The summed E-state index contributed by atoms with van der Waals surface area (Å²) in [6, 6.07) is 19.8. The number of halogens is 2. The van der Waals surface area contributed by atoms with Crippen LogP contribution in [-0.4, -0.2) is 17.1 Å². The van der Waals surface area contributed by atoms with Gasteiger partial charge < -0.3 is 14.8 Å². The summed E-state index contributed by atoms with van der Waals surface area (Å²) in [5.41, 5.74) is 2.25. The fraction of sp³-hybridized carbons (Fsp3) is 0.0909. The molecule has 29 heavy (non-hydrogen) atoms. The highest BCUT2D eigenvalue weighted by atomic mass is 35.5. The summed E-state index contributed by atoms with van der Waals surface area (Å²) in [7, 11) is 1.59. The van der Waals surface area contributed by atoms with Crippen LogP contribution >= 0.6 is 11.6 Å². The minimum absolute atomic E-state index is 0.0237. The molecule has 0 atom stereocenters. The monoisotopic (exact) mass is 409 g/mol. The van der Waals surface area contributed by atoms with E-state index >= 15 is 0 Å². The third-order valence-corrected chi connectivity index (χ3v) is 4.57. The fourth-order valence-corrected chi connectivity index (χ4v) is 2.99. The Morgan fingerprint density at radius 1 is 1.00 bits per heavy atom. The van der Waals surface area contributed by atoms with Gasteiger partial charge in [0.25, 0.3) is 0 Å². The fourth-order valence-electron chi connectivity index (χ4n) is 2.81. The van der Waals surface area contributed by atoms with Gasteiger partial charge >= 0.3 is 6.01 Å². The molecule has 5 nitrogen and oxygen atoms in total. The van der Waals surface area contributed by atoms with Crippen LogP contribution in [0.1, 0.15) is 5.56 Å². The lowest BCUT2D eigenvalue weighted by molar-refractivity contribution is 0.282. The third-order valence-electron chi connectivity index (χ3n) is 4.28. The standard InChI is InChI=1S/C22H17ClFN3O2/c1-28-16-8-9-17-20(12-16)26-22(29-13-14-5-3-2-4-6-14)27-21(17)25-15-7-10-19(24)18(23)11-15/h2-12H,13H2,1H3,(H,25,26,27). The minimum atomic E-state index is -0.485. The van der Waals surface area contributed by atoms with Crippen molar-refractivity contribution in [2.75, 3.05) is 12.4 Å². The largest absolute Gasteiger partial charge is 0.497 e. The Hall–Kier alpha value is -3.38. The molecule has 1 aromatic heterocycles. The Bertz CT molecular complexity index is 1160. The molecule has 0 fully saturated rings. The first-order valence-corrected chi connectivity index (χ1v) is 9.25. The van der Waals surface area contributed by atoms with E-state index in [1.54, 1.807) is 19.2 Å². The lowest BCUT2D eigenvalue weighted by Gasteiger charge is -2.12. The summed E-state index contributed by atoms with van der Waals surface area (Å²) in [5.74, 6) is 0.700. The van der Waals surface area contributed by atoms with Crippen LogP contribution in [0.4, 0.5) is 15.9 Å². The maximum absolute atomic E-state index is 13.5. The van der Waals surface area contributed by atoms with E-state index in [9.17, 15) is 4.39 Å². The van der Waals surface area contributed by atoms with E-state index in [0.29, 0.717) is 29.4 Å². The van der Waals surface area contributed by atoms with Gasteiger partial charge in [-0.05, 0) is 35.9 Å². The molecule has 1 N–H and O–H groups in total. The Labute approximate surface area is 172 Å². The number of rotatable bonds is 6. The quantitative estimate of drug-likeness (QED) is 0.439. The van der Waals surface area contributed by atoms with Gasteiger partial charge in [-0.25, -0.2) is 4.39 Å². The van der Waals surface area contributed by atoms with Crippen LogP contribution in [0.2, 0.25) is 5.02 Å². The highest BCUT2D eigenvalue weighted by Crippen LogP contribution is 2.30. The number of ether oxygens (including phenoxy) is 2. The molecule has 0 aliphatic heterocycles. The first-order valence-electron chi connectivity index (χ1n) is 8.87. The molecule has 0 unspecified atom stereocenters. The van der Waals surface area contributed by atoms with Crippen LogP contribution in [-0.2, 0) is 6.61 Å². The SMILES string of the molecule is COc1ccc2c(Nc3ccc(F)c(Cl)c3)nc(OCc3ccccc3)nc2c1. The predicted octanol–water partition coefficient (Wildman–Crippen LogP) is 5.75. The summed E-state index contributed by atoms with van der Waals surface area (Å²) in [5, 5.41) is 3.95. The van der Waals surface area contributed by atoms with Crippen molar-refractivity contribution in [1.82, 2.24) is 9.97 Å². The molecule has 0 saturated carbocycles. The molecule has 0 radical (unpaired) electrons. The maximum atomic E-state index is 13.5.